The van der Waals surface area contributed by atoms with Crippen LogP contribution in [0.25, 0.3) is 0 Å². The van der Waals surface area contributed by atoms with Gasteiger partial charge in [0.2, 0.25) is 5.91 Å². The van der Waals surface area contributed by atoms with Crippen molar-refractivity contribution < 1.29 is 19.6 Å². The lowest BCUT2D eigenvalue weighted by molar-refractivity contribution is -0.384. The fourth-order valence-corrected chi connectivity index (χ4v) is 3.57. The molecule has 2 atom stereocenters. The molecule has 8 heteroatoms. The van der Waals surface area contributed by atoms with Gasteiger partial charge in [-0.05, 0) is 17.7 Å². The number of nitro benzene ring substituents is 1. The number of carbonyl (C=O) groups is 2. The minimum Gasteiger partial charge on any atom is -0.480 e. The number of amides is 1. The van der Waals surface area contributed by atoms with Gasteiger partial charge >= 0.3 is 5.97 Å². The zero-order valence-electron chi connectivity index (χ0n) is 10.6. The van der Waals surface area contributed by atoms with E-state index in [0.29, 0.717) is 11.3 Å². The van der Waals surface area contributed by atoms with Gasteiger partial charge in [-0.15, -0.1) is 11.8 Å². The molecule has 2 rings (SSSR count). The van der Waals surface area contributed by atoms with Crippen molar-refractivity contribution in [3.8, 4) is 0 Å². The Morgan fingerprint density at radius 1 is 1.40 bits per heavy atom. The molecule has 1 heterocycles. The summed E-state index contributed by atoms with van der Waals surface area (Å²) >= 11 is 1.34. The molecule has 0 bridgehead atoms. The van der Waals surface area contributed by atoms with Crippen LogP contribution in [0.5, 0.6) is 0 Å². The van der Waals surface area contributed by atoms with E-state index in [1.807, 2.05) is 0 Å². The average molecular weight is 296 g/mol. The van der Waals surface area contributed by atoms with Crippen molar-refractivity contribution in [1.82, 2.24) is 4.90 Å². The highest BCUT2D eigenvalue weighted by Crippen LogP contribution is 2.41. The SMILES string of the molecule is CC(=O)N1C(C(=O)O)CSC1c1ccc([N+](=O)[O-])cc1. The molecular weight excluding hydrogens is 284 g/mol. The van der Waals surface area contributed by atoms with Gasteiger partial charge in [-0.2, -0.15) is 0 Å². The van der Waals surface area contributed by atoms with E-state index in [1.54, 1.807) is 12.1 Å². The summed E-state index contributed by atoms with van der Waals surface area (Å²) in [5, 5.41) is 19.3. The van der Waals surface area contributed by atoms with Crippen molar-refractivity contribution in [3.05, 3.63) is 39.9 Å². The van der Waals surface area contributed by atoms with Crippen molar-refractivity contribution in [2.45, 2.75) is 18.3 Å². The Kier molecular flexibility index (Phi) is 3.93. The van der Waals surface area contributed by atoms with Gasteiger partial charge in [0, 0.05) is 24.8 Å². The lowest BCUT2D eigenvalue weighted by Crippen LogP contribution is -2.41. The van der Waals surface area contributed by atoms with Crippen LogP contribution >= 0.6 is 11.8 Å². The largest absolute Gasteiger partial charge is 0.480 e. The van der Waals surface area contributed by atoms with Crippen LogP contribution < -0.4 is 0 Å². The Hall–Kier alpha value is -2.09. The number of carboxylic acids is 1. The molecule has 0 spiro atoms. The maximum absolute atomic E-state index is 11.7. The number of aliphatic carboxylic acids is 1. The Labute approximate surface area is 118 Å². The van der Waals surface area contributed by atoms with E-state index < -0.39 is 22.3 Å². The highest BCUT2D eigenvalue weighted by Gasteiger charge is 2.40. The summed E-state index contributed by atoms with van der Waals surface area (Å²) in [6.07, 6.45) is 0. The summed E-state index contributed by atoms with van der Waals surface area (Å²) in [5.74, 6) is -1.07. The fourth-order valence-electron chi connectivity index (χ4n) is 2.10. The van der Waals surface area contributed by atoms with Gasteiger partial charge < -0.3 is 10.0 Å². The highest BCUT2D eigenvalue weighted by atomic mass is 32.2. The van der Waals surface area contributed by atoms with Crippen LogP contribution in [0.15, 0.2) is 24.3 Å². The first kappa shape index (κ1) is 14.3. The summed E-state index contributed by atoms with van der Waals surface area (Å²) in [6.45, 7) is 1.32. The third-order valence-electron chi connectivity index (χ3n) is 3.04. The summed E-state index contributed by atoms with van der Waals surface area (Å²) in [6, 6.07) is 4.94. The minimum atomic E-state index is -1.04. The third-order valence-corrected chi connectivity index (χ3v) is 4.36. The topological polar surface area (TPSA) is 101 Å². The van der Waals surface area contributed by atoms with E-state index in [-0.39, 0.29) is 11.6 Å². The molecular formula is C12H12N2O5S. The predicted octanol–water partition coefficient (Wildman–Crippen LogP) is 1.64. The summed E-state index contributed by atoms with van der Waals surface area (Å²) in [4.78, 5) is 34.2. The van der Waals surface area contributed by atoms with Crippen LogP contribution in [0.4, 0.5) is 5.69 Å². The number of carboxylic acid groups (broad SMARTS) is 1. The maximum atomic E-state index is 11.7. The van der Waals surface area contributed by atoms with Gasteiger partial charge in [0.05, 0.1) is 4.92 Å². The number of hydrogen-bond acceptors (Lipinski definition) is 5. The summed E-state index contributed by atoms with van der Waals surface area (Å²) in [7, 11) is 0. The van der Waals surface area contributed by atoms with E-state index in [0.717, 1.165) is 0 Å². The second-order valence-corrected chi connectivity index (χ2v) is 5.43. The molecule has 106 valence electrons. The fraction of sp³-hybridized carbons (Fsp3) is 0.333. The van der Waals surface area contributed by atoms with Crippen molar-refractivity contribution in [2.75, 3.05) is 5.75 Å². The zero-order valence-corrected chi connectivity index (χ0v) is 11.4. The molecule has 0 aromatic heterocycles. The van der Waals surface area contributed by atoms with E-state index in [4.69, 9.17) is 5.11 Å². The minimum absolute atomic E-state index is 0.0408. The predicted molar refractivity (Wildman–Crippen MR) is 72.2 cm³/mol. The number of nitrogens with zero attached hydrogens (tertiary/aromatic N) is 2. The van der Waals surface area contributed by atoms with Crippen molar-refractivity contribution in [1.29, 1.82) is 0 Å². The number of benzene rings is 1. The number of thioether (sulfide) groups is 1. The van der Waals surface area contributed by atoms with Crippen molar-refractivity contribution in [3.63, 3.8) is 0 Å². The van der Waals surface area contributed by atoms with Gasteiger partial charge in [0.1, 0.15) is 11.4 Å². The highest BCUT2D eigenvalue weighted by molar-refractivity contribution is 7.99. The Morgan fingerprint density at radius 3 is 2.45 bits per heavy atom. The first-order valence-corrected chi connectivity index (χ1v) is 6.84. The van der Waals surface area contributed by atoms with Crippen LogP contribution in [0.1, 0.15) is 17.9 Å². The van der Waals surface area contributed by atoms with Crippen molar-refractivity contribution in [2.24, 2.45) is 0 Å². The molecule has 1 aliphatic heterocycles. The number of carbonyl (C=O) groups excluding carboxylic acids is 1. The van der Waals surface area contributed by atoms with Crippen LogP contribution in [0.2, 0.25) is 0 Å². The second kappa shape index (κ2) is 5.49. The summed E-state index contributed by atoms with van der Waals surface area (Å²) < 4.78 is 0. The Bertz CT molecular complexity index is 559. The molecule has 0 saturated carbocycles. The molecule has 1 amide bonds. The van der Waals surface area contributed by atoms with Gasteiger partial charge in [-0.25, -0.2) is 4.79 Å². The lowest BCUT2D eigenvalue weighted by Gasteiger charge is -2.26. The number of non-ortho nitro benzene ring substituents is 1. The molecule has 7 nitrogen and oxygen atoms in total. The standard InChI is InChI=1S/C12H12N2O5S/c1-7(15)13-10(12(16)17)6-20-11(13)8-2-4-9(5-3-8)14(18)19/h2-5,10-11H,6H2,1H3,(H,16,17). The van der Waals surface area contributed by atoms with Crippen molar-refractivity contribution >= 4 is 29.3 Å². The number of hydrogen-bond donors (Lipinski definition) is 1. The average Bonchev–Trinajstić information content (AvgIpc) is 2.83. The lowest BCUT2D eigenvalue weighted by atomic mass is 10.1. The molecule has 20 heavy (non-hydrogen) atoms. The smallest absolute Gasteiger partial charge is 0.327 e. The zero-order chi connectivity index (χ0) is 14.9. The molecule has 1 fully saturated rings. The molecule has 1 saturated heterocycles. The van der Waals surface area contributed by atoms with E-state index in [2.05, 4.69) is 0 Å². The maximum Gasteiger partial charge on any atom is 0.327 e. The molecule has 0 aliphatic carbocycles. The monoisotopic (exact) mass is 296 g/mol. The Morgan fingerprint density at radius 2 is 2.00 bits per heavy atom. The quantitative estimate of drug-likeness (QED) is 0.672. The van der Waals surface area contributed by atoms with E-state index in [1.165, 1.54) is 35.7 Å². The van der Waals surface area contributed by atoms with Crippen LogP contribution in [0, 0.1) is 10.1 Å². The first-order valence-electron chi connectivity index (χ1n) is 5.79. The third kappa shape index (κ3) is 2.60. The normalized spacial score (nSPS) is 21.8. The molecule has 1 N–H and O–H groups in total. The molecule has 2 unspecified atom stereocenters. The molecule has 1 aliphatic rings. The number of rotatable bonds is 3. The first-order chi connectivity index (χ1) is 9.41. The van der Waals surface area contributed by atoms with E-state index >= 15 is 0 Å². The summed E-state index contributed by atoms with van der Waals surface area (Å²) in [5.41, 5.74) is 0.639. The second-order valence-electron chi connectivity index (χ2n) is 4.31. The Balaban J connectivity index is 2.29. The molecule has 1 aromatic carbocycles. The van der Waals surface area contributed by atoms with Crippen LogP contribution in [0.3, 0.4) is 0 Å². The van der Waals surface area contributed by atoms with E-state index in [9.17, 15) is 19.7 Å². The van der Waals surface area contributed by atoms with Gasteiger partial charge in [0.25, 0.3) is 5.69 Å². The van der Waals surface area contributed by atoms with Gasteiger partial charge in [0.15, 0.2) is 0 Å². The number of nitro groups is 1. The molecule has 1 aromatic rings. The van der Waals surface area contributed by atoms with Crippen LogP contribution in [-0.4, -0.2) is 38.6 Å². The van der Waals surface area contributed by atoms with Crippen LogP contribution in [-0.2, 0) is 9.59 Å². The van der Waals surface area contributed by atoms with Gasteiger partial charge in [-0.1, -0.05) is 0 Å². The molecule has 0 radical (unpaired) electrons. The van der Waals surface area contributed by atoms with Gasteiger partial charge in [-0.3, -0.25) is 14.9 Å².